The second-order valence-corrected chi connectivity index (χ2v) is 3.69. The predicted octanol–water partition coefficient (Wildman–Crippen LogP) is 1.69. The van der Waals surface area contributed by atoms with Gasteiger partial charge in [0.15, 0.2) is 0 Å². The van der Waals surface area contributed by atoms with Crippen LogP contribution in [-0.2, 0) is 4.74 Å². The average Bonchev–Trinajstić information content (AvgIpc) is 2.34. The quantitative estimate of drug-likeness (QED) is 0.733. The molecular formula is C12H22N4O. The number of ether oxygens (including phenoxy) is 1. The number of anilines is 2. The summed E-state index contributed by atoms with van der Waals surface area (Å²) in [7, 11) is 1.86. The first-order valence-electron chi connectivity index (χ1n) is 6.07. The SMILES string of the molecule is CCOCCN(CC)c1cc(NC)nc(C)n1. The maximum Gasteiger partial charge on any atom is 0.134 e. The van der Waals surface area contributed by atoms with Gasteiger partial charge in [0, 0.05) is 32.8 Å². The van der Waals surface area contributed by atoms with E-state index in [0.29, 0.717) is 0 Å². The van der Waals surface area contributed by atoms with E-state index in [1.165, 1.54) is 0 Å². The number of rotatable bonds is 7. The van der Waals surface area contributed by atoms with E-state index in [4.69, 9.17) is 4.74 Å². The van der Waals surface area contributed by atoms with Crippen LogP contribution in [0.4, 0.5) is 11.6 Å². The van der Waals surface area contributed by atoms with Crippen LogP contribution in [0.2, 0.25) is 0 Å². The molecule has 0 unspecified atom stereocenters. The van der Waals surface area contributed by atoms with Gasteiger partial charge in [0.25, 0.3) is 0 Å². The molecule has 0 aliphatic carbocycles. The number of hydrogen-bond acceptors (Lipinski definition) is 5. The summed E-state index contributed by atoms with van der Waals surface area (Å²) in [6.07, 6.45) is 0. The molecule has 0 radical (unpaired) electrons. The fourth-order valence-corrected chi connectivity index (χ4v) is 1.60. The van der Waals surface area contributed by atoms with E-state index in [9.17, 15) is 0 Å². The molecule has 1 heterocycles. The molecule has 1 N–H and O–H groups in total. The molecule has 0 aliphatic rings. The zero-order valence-electron chi connectivity index (χ0n) is 11.2. The van der Waals surface area contributed by atoms with E-state index in [1.54, 1.807) is 0 Å². The Morgan fingerprint density at radius 3 is 2.71 bits per heavy atom. The molecule has 1 aromatic rings. The highest BCUT2D eigenvalue weighted by Crippen LogP contribution is 2.15. The van der Waals surface area contributed by atoms with Crippen LogP contribution in [0.1, 0.15) is 19.7 Å². The third-order valence-corrected chi connectivity index (χ3v) is 2.50. The molecule has 1 aromatic heterocycles. The Bertz CT molecular complexity index is 343. The molecule has 0 spiro atoms. The smallest absolute Gasteiger partial charge is 0.134 e. The molecule has 96 valence electrons. The molecule has 0 amide bonds. The predicted molar refractivity (Wildman–Crippen MR) is 70.7 cm³/mol. The maximum absolute atomic E-state index is 5.37. The van der Waals surface area contributed by atoms with Gasteiger partial charge in [-0.05, 0) is 20.8 Å². The van der Waals surface area contributed by atoms with Crippen molar-refractivity contribution >= 4 is 11.6 Å². The van der Waals surface area contributed by atoms with Gasteiger partial charge in [0.1, 0.15) is 17.5 Å². The third kappa shape index (κ3) is 4.19. The highest BCUT2D eigenvalue weighted by molar-refractivity contribution is 5.49. The zero-order valence-corrected chi connectivity index (χ0v) is 11.2. The van der Waals surface area contributed by atoms with Gasteiger partial charge in [0.05, 0.1) is 6.61 Å². The van der Waals surface area contributed by atoms with Gasteiger partial charge in [0.2, 0.25) is 0 Å². The molecule has 0 atom stereocenters. The first-order valence-corrected chi connectivity index (χ1v) is 6.07. The van der Waals surface area contributed by atoms with Gasteiger partial charge in [-0.25, -0.2) is 9.97 Å². The van der Waals surface area contributed by atoms with Crippen molar-refractivity contribution in [2.75, 3.05) is 43.6 Å². The van der Waals surface area contributed by atoms with Gasteiger partial charge in [-0.1, -0.05) is 0 Å². The number of nitrogens with zero attached hydrogens (tertiary/aromatic N) is 3. The summed E-state index contributed by atoms with van der Waals surface area (Å²) < 4.78 is 5.37. The van der Waals surface area contributed by atoms with Crippen molar-refractivity contribution in [1.82, 2.24) is 9.97 Å². The first-order chi connectivity index (χ1) is 8.21. The van der Waals surface area contributed by atoms with E-state index >= 15 is 0 Å². The van der Waals surface area contributed by atoms with Crippen LogP contribution in [-0.4, -0.2) is 43.3 Å². The molecule has 0 saturated carbocycles. The second-order valence-electron chi connectivity index (χ2n) is 3.69. The second kappa shape index (κ2) is 7.06. The minimum atomic E-state index is 0.724. The minimum Gasteiger partial charge on any atom is -0.380 e. The zero-order chi connectivity index (χ0) is 12.7. The Labute approximate surface area is 103 Å². The average molecular weight is 238 g/mol. The van der Waals surface area contributed by atoms with Crippen LogP contribution < -0.4 is 10.2 Å². The normalized spacial score (nSPS) is 10.4. The van der Waals surface area contributed by atoms with Crippen molar-refractivity contribution < 1.29 is 4.74 Å². The summed E-state index contributed by atoms with van der Waals surface area (Å²) in [5.41, 5.74) is 0. The number of nitrogens with one attached hydrogen (secondary N) is 1. The highest BCUT2D eigenvalue weighted by atomic mass is 16.5. The monoisotopic (exact) mass is 238 g/mol. The van der Waals surface area contributed by atoms with Crippen LogP contribution in [0, 0.1) is 6.92 Å². The van der Waals surface area contributed by atoms with E-state index in [2.05, 4.69) is 27.1 Å². The summed E-state index contributed by atoms with van der Waals surface area (Å²) in [6, 6.07) is 1.96. The van der Waals surface area contributed by atoms with E-state index in [-0.39, 0.29) is 0 Å². The Hall–Kier alpha value is -1.36. The molecule has 17 heavy (non-hydrogen) atoms. The van der Waals surface area contributed by atoms with E-state index in [1.807, 2.05) is 27.0 Å². The van der Waals surface area contributed by atoms with Crippen molar-refractivity contribution in [3.8, 4) is 0 Å². The molecule has 0 bridgehead atoms. The summed E-state index contributed by atoms with van der Waals surface area (Å²) in [5.74, 6) is 2.58. The Balaban J connectivity index is 2.76. The molecule has 5 heteroatoms. The van der Waals surface area contributed by atoms with Gasteiger partial charge >= 0.3 is 0 Å². The first kappa shape index (κ1) is 13.7. The van der Waals surface area contributed by atoms with Crippen molar-refractivity contribution in [1.29, 1.82) is 0 Å². The highest BCUT2D eigenvalue weighted by Gasteiger charge is 2.08. The van der Waals surface area contributed by atoms with Crippen molar-refractivity contribution in [3.05, 3.63) is 11.9 Å². The van der Waals surface area contributed by atoms with Crippen molar-refractivity contribution in [2.24, 2.45) is 0 Å². The van der Waals surface area contributed by atoms with Crippen LogP contribution in [0.15, 0.2) is 6.07 Å². The van der Waals surface area contributed by atoms with Crippen LogP contribution in [0.25, 0.3) is 0 Å². The molecule has 0 aromatic carbocycles. The lowest BCUT2D eigenvalue weighted by Crippen LogP contribution is -2.28. The standard InChI is InChI=1S/C12H22N4O/c1-5-16(7-8-17-6-2)12-9-11(13-4)14-10(3)15-12/h9H,5-8H2,1-4H3,(H,13,14,15). The van der Waals surface area contributed by atoms with Gasteiger partial charge in [-0.15, -0.1) is 0 Å². The van der Waals surface area contributed by atoms with E-state index in [0.717, 1.165) is 43.8 Å². The van der Waals surface area contributed by atoms with Crippen LogP contribution in [0.3, 0.4) is 0 Å². The molecule has 0 aliphatic heterocycles. The number of aryl methyl sites for hydroxylation is 1. The summed E-state index contributed by atoms with van der Waals surface area (Å²) >= 11 is 0. The minimum absolute atomic E-state index is 0.724. The maximum atomic E-state index is 5.37. The lowest BCUT2D eigenvalue weighted by atomic mass is 10.4. The Kier molecular flexibility index (Phi) is 5.69. The summed E-state index contributed by atoms with van der Waals surface area (Å²) in [4.78, 5) is 10.9. The van der Waals surface area contributed by atoms with Crippen molar-refractivity contribution in [2.45, 2.75) is 20.8 Å². The largest absolute Gasteiger partial charge is 0.380 e. The third-order valence-electron chi connectivity index (χ3n) is 2.50. The number of hydrogen-bond donors (Lipinski definition) is 1. The fourth-order valence-electron chi connectivity index (χ4n) is 1.60. The topological polar surface area (TPSA) is 50.3 Å². The molecular weight excluding hydrogens is 216 g/mol. The van der Waals surface area contributed by atoms with Gasteiger partial charge in [-0.3, -0.25) is 0 Å². The summed E-state index contributed by atoms with van der Waals surface area (Å²) in [5, 5.41) is 3.05. The Morgan fingerprint density at radius 2 is 2.12 bits per heavy atom. The fraction of sp³-hybridized carbons (Fsp3) is 0.667. The van der Waals surface area contributed by atoms with Crippen LogP contribution in [0.5, 0.6) is 0 Å². The Morgan fingerprint density at radius 1 is 1.35 bits per heavy atom. The van der Waals surface area contributed by atoms with Crippen molar-refractivity contribution in [3.63, 3.8) is 0 Å². The number of likely N-dealkylation sites (N-methyl/N-ethyl adjacent to an activating group) is 1. The van der Waals surface area contributed by atoms with Gasteiger partial charge in [-0.2, -0.15) is 0 Å². The molecule has 5 nitrogen and oxygen atoms in total. The lowest BCUT2D eigenvalue weighted by molar-refractivity contribution is 0.154. The molecule has 1 rings (SSSR count). The summed E-state index contributed by atoms with van der Waals surface area (Å²) in [6.45, 7) is 9.26. The van der Waals surface area contributed by atoms with Crippen LogP contribution >= 0.6 is 0 Å². The van der Waals surface area contributed by atoms with E-state index < -0.39 is 0 Å². The van der Waals surface area contributed by atoms with Gasteiger partial charge < -0.3 is 15.0 Å². The lowest BCUT2D eigenvalue weighted by Gasteiger charge is -2.22. The number of aromatic nitrogens is 2. The molecule has 0 fully saturated rings. The molecule has 0 saturated heterocycles.